The van der Waals surface area contributed by atoms with Gasteiger partial charge in [0.25, 0.3) is 0 Å². The summed E-state index contributed by atoms with van der Waals surface area (Å²) < 4.78 is 38.2. The normalized spacial score (nSPS) is 16.9. The van der Waals surface area contributed by atoms with Crippen LogP contribution < -0.4 is 15.4 Å². The fraction of sp³-hybridized carbons (Fsp3) is 0.650. The third-order valence-corrected chi connectivity index (χ3v) is 5.96. The fourth-order valence-corrected chi connectivity index (χ4v) is 3.86. The molecule has 1 aliphatic heterocycles. The molecular weight excluding hydrogens is 519 g/mol. The highest BCUT2D eigenvalue weighted by Crippen LogP contribution is 2.12. The molecule has 0 aromatic heterocycles. The Bertz CT molecular complexity index is 723. The van der Waals surface area contributed by atoms with Crippen molar-refractivity contribution < 1.29 is 17.9 Å². The Morgan fingerprint density at radius 2 is 2.00 bits per heavy atom. The summed E-state index contributed by atoms with van der Waals surface area (Å²) in [6.45, 7) is 9.08. The molecule has 1 aromatic carbocycles. The van der Waals surface area contributed by atoms with Gasteiger partial charge in [-0.15, -0.1) is 24.0 Å². The Morgan fingerprint density at radius 3 is 2.67 bits per heavy atom. The number of aliphatic imine (C=N–C) groups is 1. The molecule has 0 saturated carbocycles. The van der Waals surface area contributed by atoms with Crippen LogP contribution in [-0.2, 0) is 19.5 Å². The Hall–Kier alpha value is -0.950. The van der Waals surface area contributed by atoms with E-state index in [1.165, 1.54) is 0 Å². The largest absolute Gasteiger partial charge is 0.381 e. The van der Waals surface area contributed by atoms with Crippen molar-refractivity contribution in [3.05, 3.63) is 29.8 Å². The number of halogens is 1. The molecule has 1 aliphatic rings. The second kappa shape index (κ2) is 15.0. The van der Waals surface area contributed by atoms with Gasteiger partial charge in [-0.05, 0) is 38.8 Å². The maximum Gasteiger partial charge on any atom is 0.240 e. The van der Waals surface area contributed by atoms with Crippen LogP contribution in [0.5, 0.6) is 0 Å². The summed E-state index contributed by atoms with van der Waals surface area (Å²) in [4.78, 5) is 4.77. The fourth-order valence-electron chi connectivity index (χ4n) is 2.83. The molecule has 1 heterocycles. The summed E-state index contributed by atoms with van der Waals surface area (Å²) in [5.74, 6) is 1.20. The van der Waals surface area contributed by atoms with E-state index in [1.54, 1.807) is 24.3 Å². The van der Waals surface area contributed by atoms with E-state index in [9.17, 15) is 8.42 Å². The summed E-state index contributed by atoms with van der Waals surface area (Å²) in [6.07, 6.45) is 1.92. The van der Waals surface area contributed by atoms with E-state index in [4.69, 9.17) is 9.47 Å². The Morgan fingerprint density at radius 1 is 1.23 bits per heavy atom. The third kappa shape index (κ3) is 10.4. The maximum atomic E-state index is 12.3. The maximum absolute atomic E-state index is 12.3. The molecular formula is C20H35IN4O4S. The molecule has 1 aromatic rings. The Kier molecular flexibility index (Phi) is 13.5. The van der Waals surface area contributed by atoms with E-state index >= 15 is 0 Å². The Balaban J connectivity index is 0.00000450. The van der Waals surface area contributed by atoms with Gasteiger partial charge in [-0.25, -0.2) is 13.1 Å². The monoisotopic (exact) mass is 554 g/mol. The SMILES string of the molecule is CCNC(=NCCCOCC1CCOC1)NCCNS(=O)(=O)c1ccc(C)cc1.I. The minimum Gasteiger partial charge on any atom is -0.381 e. The summed E-state index contributed by atoms with van der Waals surface area (Å²) in [5.41, 5.74) is 1.02. The lowest BCUT2D eigenvalue weighted by Crippen LogP contribution is -2.41. The third-order valence-electron chi connectivity index (χ3n) is 4.48. The van der Waals surface area contributed by atoms with Gasteiger partial charge >= 0.3 is 0 Å². The second-order valence-electron chi connectivity index (χ2n) is 7.06. The van der Waals surface area contributed by atoms with Crippen molar-refractivity contribution in [2.24, 2.45) is 10.9 Å². The van der Waals surface area contributed by atoms with Gasteiger partial charge in [0, 0.05) is 45.3 Å². The van der Waals surface area contributed by atoms with Gasteiger partial charge in [-0.1, -0.05) is 17.7 Å². The smallest absolute Gasteiger partial charge is 0.240 e. The van der Waals surface area contributed by atoms with Gasteiger partial charge in [-0.3, -0.25) is 4.99 Å². The molecule has 30 heavy (non-hydrogen) atoms. The van der Waals surface area contributed by atoms with Gasteiger partial charge in [0.1, 0.15) is 0 Å². The van der Waals surface area contributed by atoms with Gasteiger partial charge in [0.15, 0.2) is 5.96 Å². The van der Waals surface area contributed by atoms with Crippen molar-refractivity contribution in [1.29, 1.82) is 0 Å². The second-order valence-corrected chi connectivity index (χ2v) is 8.82. The first kappa shape index (κ1) is 27.1. The Labute approximate surface area is 197 Å². The molecule has 0 bridgehead atoms. The summed E-state index contributed by atoms with van der Waals surface area (Å²) in [7, 11) is -3.50. The molecule has 1 atom stereocenters. The number of ether oxygens (including phenoxy) is 2. The predicted octanol–water partition coefficient (Wildman–Crippen LogP) is 1.89. The first-order valence-corrected chi connectivity index (χ1v) is 11.7. The van der Waals surface area contributed by atoms with Crippen LogP contribution in [0.2, 0.25) is 0 Å². The molecule has 10 heteroatoms. The average molecular weight is 554 g/mol. The van der Waals surface area contributed by atoms with Crippen LogP contribution in [0, 0.1) is 12.8 Å². The van der Waals surface area contributed by atoms with E-state index in [2.05, 4.69) is 20.3 Å². The lowest BCUT2D eigenvalue weighted by Gasteiger charge is -2.12. The topological polar surface area (TPSA) is 101 Å². The molecule has 1 unspecified atom stereocenters. The van der Waals surface area contributed by atoms with Crippen molar-refractivity contribution in [3.8, 4) is 0 Å². The molecule has 0 radical (unpaired) electrons. The van der Waals surface area contributed by atoms with Crippen LogP contribution in [0.15, 0.2) is 34.2 Å². The van der Waals surface area contributed by atoms with Gasteiger partial charge in [-0.2, -0.15) is 0 Å². The number of guanidine groups is 1. The molecule has 0 spiro atoms. The molecule has 8 nitrogen and oxygen atoms in total. The van der Waals surface area contributed by atoms with E-state index in [-0.39, 0.29) is 35.4 Å². The van der Waals surface area contributed by atoms with Crippen molar-refractivity contribution in [3.63, 3.8) is 0 Å². The number of sulfonamides is 1. The number of hydrogen-bond donors (Lipinski definition) is 3. The van der Waals surface area contributed by atoms with Crippen molar-refractivity contribution in [2.75, 3.05) is 52.6 Å². The minimum absolute atomic E-state index is 0. The molecule has 0 aliphatic carbocycles. The summed E-state index contributed by atoms with van der Waals surface area (Å²) >= 11 is 0. The van der Waals surface area contributed by atoms with Crippen LogP contribution in [0.1, 0.15) is 25.3 Å². The zero-order chi connectivity index (χ0) is 21.0. The first-order chi connectivity index (χ1) is 14.0. The van der Waals surface area contributed by atoms with Crippen molar-refractivity contribution in [2.45, 2.75) is 31.6 Å². The van der Waals surface area contributed by atoms with E-state index in [0.717, 1.165) is 44.8 Å². The molecule has 0 amide bonds. The number of aryl methyl sites for hydroxylation is 1. The van der Waals surface area contributed by atoms with Gasteiger partial charge < -0.3 is 20.1 Å². The van der Waals surface area contributed by atoms with Crippen LogP contribution >= 0.6 is 24.0 Å². The number of nitrogens with zero attached hydrogens (tertiary/aromatic N) is 1. The van der Waals surface area contributed by atoms with E-state index < -0.39 is 10.0 Å². The lowest BCUT2D eigenvalue weighted by molar-refractivity contribution is 0.0893. The van der Waals surface area contributed by atoms with Gasteiger partial charge in [0.05, 0.1) is 18.1 Å². The van der Waals surface area contributed by atoms with Crippen LogP contribution in [0.3, 0.4) is 0 Å². The quantitative estimate of drug-likeness (QED) is 0.158. The molecule has 2 rings (SSSR count). The summed E-state index contributed by atoms with van der Waals surface area (Å²) in [6, 6.07) is 6.79. The number of hydrogen-bond acceptors (Lipinski definition) is 5. The van der Waals surface area contributed by atoms with Crippen molar-refractivity contribution >= 4 is 40.0 Å². The first-order valence-electron chi connectivity index (χ1n) is 10.2. The molecule has 172 valence electrons. The van der Waals surface area contributed by atoms with Crippen LogP contribution in [-0.4, -0.2) is 67.0 Å². The van der Waals surface area contributed by atoms with E-state index in [0.29, 0.717) is 31.6 Å². The summed E-state index contributed by atoms with van der Waals surface area (Å²) in [5, 5.41) is 6.30. The molecule has 3 N–H and O–H groups in total. The minimum atomic E-state index is -3.50. The average Bonchev–Trinajstić information content (AvgIpc) is 3.21. The highest BCUT2D eigenvalue weighted by molar-refractivity contribution is 14.0. The zero-order valence-electron chi connectivity index (χ0n) is 17.9. The van der Waals surface area contributed by atoms with Crippen molar-refractivity contribution in [1.82, 2.24) is 15.4 Å². The lowest BCUT2D eigenvalue weighted by atomic mass is 10.1. The van der Waals surface area contributed by atoms with E-state index in [1.807, 2.05) is 13.8 Å². The molecule has 1 fully saturated rings. The number of nitrogens with one attached hydrogen (secondary N) is 3. The standard InChI is InChI=1S/C20H34N4O4S.HI/c1-3-21-20(22-10-4-13-27-15-18-9-14-28-16-18)23-11-12-24-29(25,26)19-7-5-17(2)6-8-19;/h5-8,18,24H,3-4,9-16H2,1-2H3,(H2,21,22,23);1H. The van der Waals surface area contributed by atoms with Crippen LogP contribution in [0.25, 0.3) is 0 Å². The van der Waals surface area contributed by atoms with Gasteiger partial charge in [0.2, 0.25) is 10.0 Å². The molecule has 1 saturated heterocycles. The highest BCUT2D eigenvalue weighted by Gasteiger charge is 2.15. The number of rotatable bonds is 12. The highest BCUT2D eigenvalue weighted by atomic mass is 127. The van der Waals surface area contributed by atoms with Crippen LogP contribution in [0.4, 0.5) is 0 Å². The number of benzene rings is 1. The predicted molar refractivity (Wildman–Crippen MR) is 130 cm³/mol. The zero-order valence-corrected chi connectivity index (χ0v) is 21.0.